The lowest BCUT2D eigenvalue weighted by Gasteiger charge is -2.09. The van der Waals surface area contributed by atoms with Crippen LogP contribution in [0.25, 0.3) is 10.4 Å². The smallest absolute Gasteiger partial charge is 0.246 e. The fourth-order valence-corrected chi connectivity index (χ4v) is 4.01. The molecule has 2 heterocycles. The fourth-order valence-electron chi connectivity index (χ4n) is 2.15. The van der Waals surface area contributed by atoms with E-state index < -0.39 is 26.6 Å². The molecule has 0 saturated heterocycles. The first-order valence-corrected chi connectivity index (χ1v) is 9.25. The van der Waals surface area contributed by atoms with Gasteiger partial charge in [-0.05, 0) is 35.2 Å². The maximum atomic E-state index is 13.7. The standard InChI is InChI=1S/C16H12F2N2O2S2/c17-13-3-1-4-14(18)16(13)24(21,22)20-9-11-7-12(10-19-8-11)15-5-2-6-23-15/h1-8,10,20H,9H2. The lowest BCUT2D eigenvalue weighted by molar-refractivity contribution is 0.514. The van der Waals surface area contributed by atoms with Crippen LogP contribution in [0.3, 0.4) is 0 Å². The molecule has 0 fully saturated rings. The van der Waals surface area contributed by atoms with Crippen LogP contribution >= 0.6 is 11.3 Å². The number of pyridine rings is 1. The van der Waals surface area contributed by atoms with Gasteiger partial charge in [0.05, 0.1) is 0 Å². The van der Waals surface area contributed by atoms with Crippen molar-refractivity contribution in [2.75, 3.05) is 0 Å². The summed E-state index contributed by atoms with van der Waals surface area (Å²) in [5, 5.41) is 1.92. The molecule has 0 aliphatic heterocycles. The van der Waals surface area contributed by atoms with Gasteiger partial charge >= 0.3 is 0 Å². The molecule has 0 amide bonds. The van der Waals surface area contributed by atoms with Gasteiger partial charge in [0.2, 0.25) is 10.0 Å². The summed E-state index contributed by atoms with van der Waals surface area (Å²) in [5.74, 6) is -2.26. The van der Waals surface area contributed by atoms with Gasteiger partial charge in [0, 0.05) is 29.4 Å². The van der Waals surface area contributed by atoms with Crippen LogP contribution in [0.4, 0.5) is 8.78 Å². The summed E-state index contributed by atoms with van der Waals surface area (Å²) < 4.78 is 53.8. The van der Waals surface area contributed by atoms with E-state index in [0.717, 1.165) is 28.6 Å². The van der Waals surface area contributed by atoms with Crippen molar-refractivity contribution in [3.63, 3.8) is 0 Å². The van der Waals surface area contributed by atoms with Crippen molar-refractivity contribution < 1.29 is 17.2 Å². The molecule has 2 aromatic heterocycles. The summed E-state index contributed by atoms with van der Waals surface area (Å²) in [5.41, 5.74) is 1.43. The number of nitrogens with zero attached hydrogens (tertiary/aromatic N) is 1. The minimum Gasteiger partial charge on any atom is -0.264 e. The normalized spacial score (nSPS) is 11.6. The van der Waals surface area contributed by atoms with Gasteiger partial charge in [0.1, 0.15) is 11.6 Å². The van der Waals surface area contributed by atoms with E-state index in [-0.39, 0.29) is 6.54 Å². The Morgan fingerprint density at radius 1 is 1.08 bits per heavy atom. The van der Waals surface area contributed by atoms with E-state index >= 15 is 0 Å². The molecule has 124 valence electrons. The fraction of sp³-hybridized carbons (Fsp3) is 0.0625. The van der Waals surface area contributed by atoms with E-state index in [9.17, 15) is 17.2 Å². The zero-order valence-corrected chi connectivity index (χ0v) is 13.9. The summed E-state index contributed by atoms with van der Waals surface area (Å²) in [6.45, 7) is -0.123. The van der Waals surface area contributed by atoms with Gasteiger partial charge in [-0.1, -0.05) is 12.1 Å². The third-order valence-corrected chi connectivity index (χ3v) is 5.63. The molecule has 0 atom stereocenters. The van der Waals surface area contributed by atoms with Crippen LogP contribution in [0.1, 0.15) is 5.56 Å². The number of hydrogen-bond donors (Lipinski definition) is 1. The minimum absolute atomic E-state index is 0.123. The number of nitrogens with one attached hydrogen (secondary N) is 1. The molecule has 1 aromatic carbocycles. The molecule has 3 aromatic rings. The molecule has 1 N–H and O–H groups in total. The molecule has 0 saturated carbocycles. The summed E-state index contributed by atoms with van der Waals surface area (Å²) in [6, 6.07) is 8.51. The van der Waals surface area contributed by atoms with Crippen LogP contribution in [0.15, 0.2) is 59.1 Å². The largest absolute Gasteiger partial charge is 0.264 e. The molecule has 0 aliphatic rings. The molecular weight excluding hydrogens is 354 g/mol. The number of rotatable bonds is 5. The second-order valence-electron chi connectivity index (χ2n) is 4.93. The molecule has 0 radical (unpaired) electrons. The van der Waals surface area contributed by atoms with Crippen LogP contribution in [-0.2, 0) is 16.6 Å². The Labute approximate surface area is 141 Å². The van der Waals surface area contributed by atoms with Crippen molar-refractivity contribution in [3.8, 4) is 10.4 Å². The van der Waals surface area contributed by atoms with Crippen LogP contribution in [0, 0.1) is 11.6 Å². The van der Waals surface area contributed by atoms with E-state index in [4.69, 9.17) is 0 Å². The van der Waals surface area contributed by atoms with Crippen LogP contribution in [-0.4, -0.2) is 13.4 Å². The lowest BCUT2D eigenvalue weighted by Crippen LogP contribution is -2.25. The highest BCUT2D eigenvalue weighted by atomic mass is 32.2. The van der Waals surface area contributed by atoms with E-state index in [2.05, 4.69) is 9.71 Å². The number of hydrogen-bond acceptors (Lipinski definition) is 4. The van der Waals surface area contributed by atoms with Crippen LogP contribution in [0.5, 0.6) is 0 Å². The highest BCUT2D eigenvalue weighted by Crippen LogP contribution is 2.24. The molecule has 0 bridgehead atoms. The Morgan fingerprint density at radius 2 is 1.83 bits per heavy atom. The van der Waals surface area contributed by atoms with Gasteiger partial charge in [-0.2, -0.15) is 0 Å². The minimum atomic E-state index is -4.31. The average molecular weight is 366 g/mol. The molecule has 24 heavy (non-hydrogen) atoms. The van der Waals surface area contributed by atoms with Crippen LogP contribution < -0.4 is 4.72 Å². The van der Waals surface area contributed by atoms with Crippen molar-refractivity contribution in [1.82, 2.24) is 9.71 Å². The first kappa shape index (κ1) is 16.7. The third-order valence-electron chi connectivity index (χ3n) is 3.25. The number of halogens is 2. The zero-order valence-electron chi connectivity index (χ0n) is 12.2. The number of benzene rings is 1. The number of sulfonamides is 1. The third kappa shape index (κ3) is 3.50. The first-order valence-electron chi connectivity index (χ1n) is 6.89. The summed E-state index contributed by atoms with van der Waals surface area (Å²) in [4.78, 5) is 4.09. The Hall–Kier alpha value is -2.16. The Kier molecular flexibility index (Phi) is 4.70. The van der Waals surface area contributed by atoms with Gasteiger partial charge < -0.3 is 0 Å². The quantitative estimate of drug-likeness (QED) is 0.751. The molecule has 8 heteroatoms. The monoisotopic (exact) mass is 366 g/mol. The topological polar surface area (TPSA) is 59.1 Å². The lowest BCUT2D eigenvalue weighted by atomic mass is 10.2. The van der Waals surface area contributed by atoms with E-state index in [0.29, 0.717) is 5.56 Å². The predicted octanol–water partition coefficient (Wildman–Crippen LogP) is 3.57. The first-order chi connectivity index (χ1) is 11.5. The second kappa shape index (κ2) is 6.76. The summed E-state index contributed by atoms with van der Waals surface area (Å²) >= 11 is 1.53. The van der Waals surface area contributed by atoms with E-state index in [1.165, 1.54) is 17.5 Å². The predicted molar refractivity (Wildman–Crippen MR) is 87.9 cm³/mol. The zero-order chi connectivity index (χ0) is 17.2. The second-order valence-corrected chi connectivity index (χ2v) is 7.59. The Morgan fingerprint density at radius 3 is 2.50 bits per heavy atom. The average Bonchev–Trinajstić information content (AvgIpc) is 3.07. The van der Waals surface area contributed by atoms with Gasteiger partial charge in [0.25, 0.3) is 0 Å². The van der Waals surface area contributed by atoms with Crippen LogP contribution in [0.2, 0.25) is 0 Å². The van der Waals surface area contributed by atoms with Crippen molar-refractivity contribution in [2.45, 2.75) is 11.4 Å². The highest BCUT2D eigenvalue weighted by molar-refractivity contribution is 7.89. The number of aromatic nitrogens is 1. The van der Waals surface area contributed by atoms with Crippen molar-refractivity contribution in [3.05, 3.63) is 71.4 Å². The van der Waals surface area contributed by atoms with Gasteiger partial charge in [-0.15, -0.1) is 11.3 Å². The van der Waals surface area contributed by atoms with Crippen molar-refractivity contribution in [1.29, 1.82) is 0 Å². The maximum absolute atomic E-state index is 13.7. The molecular formula is C16H12F2N2O2S2. The molecule has 0 aliphatic carbocycles. The summed E-state index contributed by atoms with van der Waals surface area (Å²) in [7, 11) is -4.31. The van der Waals surface area contributed by atoms with Crippen molar-refractivity contribution >= 4 is 21.4 Å². The Bertz CT molecular complexity index is 938. The van der Waals surface area contributed by atoms with Gasteiger partial charge in [-0.25, -0.2) is 21.9 Å². The molecule has 4 nitrogen and oxygen atoms in total. The van der Waals surface area contributed by atoms with E-state index in [1.807, 2.05) is 17.5 Å². The molecule has 3 rings (SSSR count). The molecule has 0 unspecified atom stereocenters. The highest BCUT2D eigenvalue weighted by Gasteiger charge is 2.23. The van der Waals surface area contributed by atoms with E-state index in [1.54, 1.807) is 12.3 Å². The summed E-state index contributed by atoms with van der Waals surface area (Å²) in [6.07, 6.45) is 3.16. The molecule has 0 spiro atoms. The van der Waals surface area contributed by atoms with Crippen molar-refractivity contribution in [2.24, 2.45) is 0 Å². The van der Waals surface area contributed by atoms with Gasteiger partial charge in [-0.3, -0.25) is 4.98 Å². The maximum Gasteiger partial charge on any atom is 0.246 e. The SMILES string of the molecule is O=S(=O)(NCc1cncc(-c2cccs2)c1)c1c(F)cccc1F. The number of thiophene rings is 1. The Balaban J connectivity index is 1.82. The van der Waals surface area contributed by atoms with Gasteiger partial charge in [0.15, 0.2) is 4.90 Å².